The predicted molar refractivity (Wildman–Crippen MR) is 81.0 cm³/mol. The van der Waals surface area contributed by atoms with E-state index in [-0.39, 0.29) is 5.54 Å². The third kappa shape index (κ3) is 3.26. The van der Waals surface area contributed by atoms with Crippen molar-refractivity contribution in [3.05, 3.63) is 30.3 Å². The Bertz CT molecular complexity index is 334. The maximum absolute atomic E-state index is 6.08. The Morgan fingerprint density at radius 2 is 1.83 bits per heavy atom. The van der Waals surface area contributed by atoms with Crippen LogP contribution in [0.1, 0.15) is 40.5 Å². The van der Waals surface area contributed by atoms with Crippen LogP contribution in [0.3, 0.4) is 0 Å². The number of hydrogen-bond donors (Lipinski definition) is 1. The van der Waals surface area contributed by atoms with Crippen LogP contribution in [0.4, 0.5) is 5.69 Å². The molecule has 2 N–H and O–H groups in total. The molecule has 0 aliphatic rings. The van der Waals surface area contributed by atoms with E-state index < -0.39 is 0 Å². The highest BCUT2D eigenvalue weighted by atomic mass is 15.2. The Hall–Kier alpha value is -1.02. The van der Waals surface area contributed by atoms with Crippen molar-refractivity contribution in [3.8, 4) is 0 Å². The van der Waals surface area contributed by atoms with Crippen LogP contribution in [0.2, 0.25) is 0 Å². The minimum absolute atomic E-state index is 0.0243. The van der Waals surface area contributed by atoms with Crippen LogP contribution in [0.5, 0.6) is 0 Å². The van der Waals surface area contributed by atoms with Crippen molar-refractivity contribution in [2.45, 2.75) is 46.1 Å². The molecule has 1 aromatic rings. The molecule has 0 radical (unpaired) electrons. The van der Waals surface area contributed by atoms with E-state index in [0.29, 0.717) is 12.5 Å². The van der Waals surface area contributed by atoms with Gasteiger partial charge in [-0.15, -0.1) is 0 Å². The molecule has 1 unspecified atom stereocenters. The van der Waals surface area contributed by atoms with Crippen molar-refractivity contribution in [3.63, 3.8) is 0 Å². The maximum Gasteiger partial charge on any atom is 0.0518 e. The predicted octanol–water partition coefficient (Wildman–Crippen LogP) is 3.67. The first kappa shape index (κ1) is 15.0. The molecule has 0 bridgehead atoms. The Labute approximate surface area is 112 Å². The van der Waals surface area contributed by atoms with Gasteiger partial charge >= 0.3 is 0 Å². The molecule has 102 valence electrons. The molecule has 0 aromatic heterocycles. The first-order valence-corrected chi connectivity index (χ1v) is 7.09. The lowest BCUT2D eigenvalue weighted by atomic mass is 9.85. The van der Waals surface area contributed by atoms with E-state index in [9.17, 15) is 0 Å². The molecule has 1 aromatic carbocycles. The minimum Gasteiger partial charge on any atom is -0.365 e. The standard InChI is InChI=1S/C16H28N2/c1-5-6-12-18(15-10-8-7-9-11-15)16(4,13-17)14(2)3/h7-11,14H,5-6,12-13,17H2,1-4H3. The molecule has 0 saturated heterocycles. The zero-order chi connectivity index (χ0) is 13.6. The number of para-hydroxylation sites is 1. The van der Waals surface area contributed by atoms with Crippen molar-refractivity contribution < 1.29 is 0 Å². The van der Waals surface area contributed by atoms with Gasteiger partial charge in [0.1, 0.15) is 0 Å². The number of rotatable bonds is 7. The third-order valence-corrected chi connectivity index (χ3v) is 4.08. The number of benzene rings is 1. The van der Waals surface area contributed by atoms with Gasteiger partial charge in [0.2, 0.25) is 0 Å². The van der Waals surface area contributed by atoms with Gasteiger partial charge in [0.25, 0.3) is 0 Å². The number of hydrogen-bond acceptors (Lipinski definition) is 2. The van der Waals surface area contributed by atoms with Gasteiger partial charge in [0.05, 0.1) is 5.54 Å². The monoisotopic (exact) mass is 248 g/mol. The van der Waals surface area contributed by atoms with Gasteiger partial charge in [-0.05, 0) is 31.4 Å². The largest absolute Gasteiger partial charge is 0.365 e. The van der Waals surface area contributed by atoms with E-state index in [2.05, 4.69) is 62.9 Å². The average molecular weight is 248 g/mol. The van der Waals surface area contributed by atoms with E-state index in [1.807, 2.05) is 0 Å². The molecule has 18 heavy (non-hydrogen) atoms. The highest BCUT2D eigenvalue weighted by Gasteiger charge is 2.33. The van der Waals surface area contributed by atoms with Crippen molar-refractivity contribution >= 4 is 5.69 Å². The van der Waals surface area contributed by atoms with Gasteiger partial charge in [0.15, 0.2) is 0 Å². The normalized spacial score (nSPS) is 14.6. The van der Waals surface area contributed by atoms with E-state index in [4.69, 9.17) is 5.73 Å². The lowest BCUT2D eigenvalue weighted by molar-refractivity contribution is 0.317. The van der Waals surface area contributed by atoms with Crippen molar-refractivity contribution in [2.75, 3.05) is 18.0 Å². The first-order chi connectivity index (χ1) is 8.56. The highest BCUT2D eigenvalue weighted by Crippen LogP contribution is 2.29. The summed E-state index contributed by atoms with van der Waals surface area (Å²) in [7, 11) is 0. The Morgan fingerprint density at radius 3 is 2.28 bits per heavy atom. The van der Waals surface area contributed by atoms with Crippen LogP contribution in [0.25, 0.3) is 0 Å². The molecule has 1 atom stereocenters. The van der Waals surface area contributed by atoms with Crippen LogP contribution in [0, 0.1) is 5.92 Å². The van der Waals surface area contributed by atoms with Crippen LogP contribution in [-0.4, -0.2) is 18.6 Å². The minimum atomic E-state index is 0.0243. The molecule has 0 heterocycles. The van der Waals surface area contributed by atoms with Crippen LogP contribution in [-0.2, 0) is 0 Å². The summed E-state index contributed by atoms with van der Waals surface area (Å²) in [5.41, 5.74) is 7.39. The van der Waals surface area contributed by atoms with Crippen LogP contribution < -0.4 is 10.6 Å². The molecule has 1 rings (SSSR count). The fraction of sp³-hybridized carbons (Fsp3) is 0.625. The quantitative estimate of drug-likeness (QED) is 0.798. The lowest BCUT2D eigenvalue weighted by Crippen LogP contribution is -2.56. The van der Waals surface area contributed by atoms with Gasteiger partial charge in [-0.1, -0.05) is 45.4 Å². The summed E-state index contributed by atoms with van der Waals surface area (Å²) in [6, 6.07) is 10.6. The summed E-state index contributed by atoms with van der Waals surface area (Å²) < 4.78 is 0. The van der Waals surface area contributed by atoms with Crippen LogP contribution in [0.15, 0.2) is 30.3 Å². The van der Waals surface area contributed by atoms with E-state index >= 15 is 0 Å². The molecule has 0 aliphatic carbocycles. The summed E-state index contributed by atoms with van der Waals surface area (Å²) >= 11 is 0. The lowest BCUT2D eigenvalue weighted by Gasteiger charge is -2.45. The van der Waals surface area contributed by atoms with E-state index in [1.54, 1.807) is 0 Å². The second kappa shape index (κ2) is 6.79. The molecular weight excluding hydrogens is 220 g/mol. The van der Waals surface area contributed by atoms with Gasteiger partial charge < -0.3 is 10.6 Å². The molecule has 0 saturated carbocycles. The fourth-order valence-electron chi connectivity index (χ4n) is 2.26. The Kier molecular flexibility index (Phi) is 5.67. The molecule has 2 heteroatoms. The molecular formula is C16H28N2. The smallest absolute Gasteiger partial charge is 0.0518 e. The summed E-state index contributed by atoms with van der Waals surface area (Å²) in [6.45, 7) is 10.8. The van der Waals surface area contributed by atoms with Gasteiger partial charge in [-0.25, -0.2) is 0 Å². The van der Waals surface area contributed by atoms with Crippen molar-refractivity contribution in [1.82, 2.24) is 0 Å². The van der Waals surface area contributed by atoms with Gasteiger partial charge in [-0.3, -0.25) is 0 Å². The number of anilines is 1. The van der Waals surface area contributed by atoms with Crippen molar-refractivity contribution in [2.24, 2.45) is 11.7 Å². The molecule has 0 spiro atoms. The topological polar surface area (TPSA) is 29.3 Å². The maximum atomic E-state index is 6.08. The second-order valence-corrected chi connectivity index (χ2v) is 5.56. The first-order valence-electron chi connectivity index (χ1n) is 7.09. The van der Waals surface area contributed by atoms with E-state index in [1.165, 1.54) is 18.5 Å². The van der Waals surface area contributed by atoms with E-state index in [0.717, 1.165) is 6.54 Å². The van der Waals surface area contributed by atoms with Gasteiger partial charge in [0, 0.05) is 18.8 Å². The molecule has 2 nitrogen and oxygen atoms in total. The summed E-state index contributed by atoms with van der Waals surface area (Å²) in [4.78, 5) is 2.49. The SMILES string of the molecule is CCCCN(c1ccccc1)C(C)(CN)C(C)C. The molecule has 0 aliphatic heterocycles. The zero-order valence-corrected chi connectivity index (χ0v) is 12.3. The number of unbranched alkanes of at least 4 members (excludes halogenated alkanes) is 1. The third-order valence-electron chi connectivity index (χ3n) is 4.08. The summed E-state index contributed by atoms with van der Waals surface area (Å²) in [5.74, 6) is 0.527. The Balaban J connectivity index is 3.04. The zero-order valence-electron chi connectivity index (χ0n) is 12.3. The van der Waals surface area contributed by atoms with Crippen molar-refractivity contribution in [1.29, 1.82) is 0 Å². The summed E-state index contributed by atoms with van der Waals surface area (Å²) in [5, 5.41) is 0. The second-order valence-electron chi connectivity index (χ2n) is 5.56. The molecule has 0 fully saturated rings. The number of nitrogens with zero attached hydrogens (tertiary/aromatic N) is 1. The number of nitrogens with two attached hydrogens (primary N) is 1. The van der Waals surface area contributed by atoms with Crippen LogP contribution >= 0.6 is 0 Å². The molecule has 0 amide bonds. The fourth-order valence-corrected chi connectivity index (χ4v) is 2.26. The average Bonchev–Trinajstić information content (AvgIpc) is 2.39. The highest BCUT2D eigenvalue weighted by molar-refractivity contribution is 5.49. The van der Waals surface area contributed by atoms with Gasteiger partial charge in [-0.2, -0.15) is 0 Å². The Morgan fingerprint density at radius 1 is 1.22 bits per heavy atom. The summed E-state index contributed by atoms with van der Waals surface area (Å²) in [6.07, 6.45) is 2.42.